The van der Waals surface area contributed by atoms with E-state index in [1.165, 1.54) is 38.9 Å². The number of nitrogens with two attached hydrogens (primary N) is 1. The lowest BCUT2D eigenvalue weighted by Crippen LogP contribution is -1.91. The zero-order chi connectivity index (χ0) is 13.0. The molecule has 90 valence electrons. The number of nitrogen functional groups attached to an aromatic ring is 1. The van der Waals surface area contributed by atoms with Crippen molar-refractivity contribution in [3.63, 3.8) is 0 Å². The van der Waals surface area contributed by atoms with Crippen LogP contribution in [0.2, 0.25) is 0 Å². The van der Waals surface area contributed by atoms with E-state index in [0.717, 1.165) is 11.3 Å². The summed E-state index contributed by atoms with van der Waals surface area (Å²) in [5.41, 5.74) is 16.8. The molecular formula is C17H17N. The Bertz CT molecular complexity index is 634. The molecule has 3 rings (SSSR count). The molecule has 0 radical (unpaired) electrons. The van der Waals surface area contributed by atoms with Gasteiger partial charge in [0.15, 0.2) is 0 Å². The number of rotatable bonds is 0. The zero-order valence-corrected chi connectivity index (χ0v) is 11.1. The summed E-state index contributed by atoms with van der Waals surface area (Å²) in [6, 6.07) is 8.54. The van der Waals surface area contributed by atoms with E-state index < -0.39 is 0 Å². The van der Waals surface area contributed by atoms with Gasteiger partial charge in [0.2, 0.25) is 0 Å². The van der Waals surface area contributed by atoms with Crippen LogP contribution in [0.4, 0.5) is 5.69 Å². The quantitative estimate of drug-likeness (QED) is 0.580. The molecule has 2 aromatic carbocycles. The van der Waals surface area contributed by atoms with Gasteiger partial charge in [-0.05, 0) is 71.9 Å². The lowest BCUT2D eigenvalue weighted by Gasteiger charge is -2.09. The van der Waals surface area contributed by atoms with E-state index in [9.17, 15) is 0 Å². The van der Waals surface area contributed by atoms with Crippen LogP contribution in [0.15, 0.2) is 30.8 Å². The molecule has 0 unspecified atom stereocenters. The maximum Gasteiger partial charge on any atom is 0.0323 e. The van der Waals surface area contributed by atoms with Gasteiger partial charge in [0.25, 0.3) is 0 Å². The summed E-state index contributed by atoms with van der Waals surface area (Å²) in [6.07, 6.45) is 0. The van der Waals surface area contributed by atoms with Crippen molar-refractivity contribution >= 4 is 11.3 Å². The summed E-state index contributed by atoms with van der Waals surface area (Å²) < 4.78 is 0. The average molecular weight is 235 g/mol. The Morgan fingerprint density at radius 3 is 2.06 bits per heavy atom. The number of anilines is 1. The van der Waals surface area contributed by atoms with Crippen molar-refractivity contribution in [2.45, 2.75) is 20.8 Å². The molecule has 1 heteroatoms. The molecule has 18 heavy (non-hydrogen) atoms. The summed E-state index contributed by atoms with van der Waals surface area (Å²) in [4.78, 5) is 0. The highest BCUT2D eigenvalue weighted by molar-refractivity contribution is 6.03. The van der Waals surface area contributed by atoms with Crippen LogP contribution in [-0.2, 0) is 0 Å². The number of aryl methyl sites for hydroxylation is 3. The second kappa shape index (κ2) is 3.49. The SMILES string of the molecule is C=C1c2cc(C)cc(C)c2-c2c(C)cc(N)cc21. The maximum atomic E-state index is 5.96. The third kappa shape index (κ3) is 1.34. The van der Waals surface area contributed by atoms with Crippen LogP contribution in [0, 0.1) is 20.8 Å². The third-order valence-electron chi connectivity index (χ3n) is 3.74. The molecular weight excluding hydrogens is 218 g/mol. The van der Waals surface area contributed by atoms with E-state index in [-0.39, 0.29) is 0 Å². The molecule has 1 nitrogen and oxygen atoms in total. The zero-order valence-electron chi connectivity index (χ0n) is 11.1. The van der Waals surface area contributed by atoms with Gasteiger partial charge in [0, 0.05) is 5.69 Å². The van der Waals surface area contributed by atoms with Crippen LogP contribution in [0.3, 0.4) is 0 Å². The summed E-state index contributed by atoms with van der Waals surface area (Å²) in [7, 11) is 0. The van der Waals surface area contributed by atoms with E-state index in [0.29, 0.717) is 0 Å². The van der Waals surface area contributed by atoms with Crippen LogP contribution in [0.25, 0.3) is 16.7 Å². The topological polar surface area (TPSA) is 26.0 Å². The predicted octanol–water partition coefficient (Wildman–Crippen LogP) is 4.24. The fraction of sp³-hybridized carbons (Fsp3) is 0.176. The minimum absolute atomic E-state index is 0.814. The monoisotopic (exact) mass is 235 g/mol. The molecule has 2 aromatic rings. The largest absolute Gasteiger partial charge is 0.399 e. The molecule has 0 saturated carbocycles. The Kier molecular flexibility index (Phi) is 2.15. The number of benzene rings is 2. The normalized spacial score (nSPS) is 12.5. The van der Waals surface area contributed by atoms with Crippen LogP contribution in [0.1, 0.15) is 27.8 Å². The van der Waals surface area contributed by atoms with Gasteiger partial charge in [-0.1, -0.05) is 24.3 Å². The molecule has 0 amide bonds. The van der Waals surface area contributed by atoms with Gasteiger partial charge < -0.3 is 5.73 Å². The fourth-order valence-corrected chi connectivity index (χ4v) is 3.07. The summed E-state index contributed by atoms with van der Waals surface area (Å²) in [5.74, 6) is 0. The Morgan fingerprint density at radius 1 is 0.833 bits per heavy atom. The molecule has 0 spiro atoms. The molecule has 0 heterocycles. The molecule has 0 aromatic heterocycles. The Labute approximate surface area is 108 Å². The molecule has 0 bridgehead atoms. The van der Waals surface area contributed by atoms with Crippen molar-refractivity contribution in [2.24, 2.45) is 0 Å². The van der Waals surface area contributed by atoms with E-state index in [1.807, 2.05) is 12.1 Å². The lowest BCUT2D eigenvalue weighted by molar-refractivity contribution is 1.37. The summed E-state index contributed by atoms with van der Waals surface area (Å²) in [5, 5.41) is 0. The minimum Gasteiger partial charge on any atom is -0.399 e. The Morgan fingerprint density at radius 2 is 1.39 bits per heavy atom. The number of hydrogen-bond acceptors (Lipinski definition) is 1. The minimum atomic E-state index is 0.814. The van der Waals surface area contributed by atoms with E-state index in [4.69, 9.17) is 5.73 Å². The average Bonchev–Trinajstić information content (AvgIpc) is 2.54. The van der Waals surface area contributed by atoms with Crippen molar-refractivity contribution in [1.82, 2.24) is 0 Å². The summed E-state index contributed by atoms with van der Waals surface area (Å²) in [6.45, 7) is 10.7. The smallest absolute Gasteiger partial charge is 0.0323 e. The van der Waals surface area contributed by atoms with Gasteiger partial charge in [-0.25, -0.2) is 0 Å². The molecule has 2 N–H and O–H groups in total. The highest BCUT2D eigenvalue weighted by Crippen LogP contribution is 2.47. The lowest BCUT2D eigenvalue weighted by atomic mass is 9.95. The van der Waals surface area contributed by atoms with Crippen molar-refractivity contribution < 1.29 is 0 Å². The molecule has 1 aliphatic carbocycles. The second-order valence-electron chi connectivity index (χ2n) is 5.24. The van der Waals surface area contributed by atoms with Crippen molar-refractivity contribution in [1.29, 1.82) is 0 Å². The van der Waals surface area contributed by atoms with Gasteiger partial charge in [0.05, 0.1) is 0 Å². The van der Waals surface area contributed by atoms with Gasteiger partial charge in [-0.2, -0.15) is 0 Å². The second-order valence-corrected chi connectivity index (χ2v) is 5.24. The molecule has 0 fully saturated rings. The molecule has 0 atom stereocenters. The van der Waals surface area contributed by atoms with Crippen LogP contribution in [-0.4, -0.2) is 0 Å². The predicted molar refractivity (Wildman–Crippen MR) is 78.6 cm³/mol. The number of hydrogen-bond donors (Lipinski definition) is 1. The standard InChI is InChI=1S/C17H17N/c1-9-5-10(2)16-14(6-9)12(4)15-8-13(18)7-11(3)17(15)16/h5-8H,4,18H2,1-3H3. The van der Waals surface area contributed by atoms with E-state index in [1.54, 1.807) is 0 Å². The molecule has 1 aliphatic rings. The first-order chi connectivity index (χ1) is 8.49. The maximum absolute atomic E-state index is 5.96. The molecule has 0 aliphatic heterocycles. The first-order valence-corrected chi connectivity index (χ1v) is 6.20. The third-order valence-corrected chi connectivity index (χ3v) is 3.74. The van der Waals surface area contributed by atoms with Crippen LogP contribution < -0.4 is 5.73 Å². The van der Waals surface area contributed by atoms with E-state index >= 15 is 0 Å². The van der Waals surface area contributed by atoms with Crippen molar-refractivity contribution in [3.8, 4) is 11.1 Å². The summed E-state index contributed by atoms with van der Waals surface area (Å²) >= 11 is 0. The van der Waals surface area contributed by atoms with Crippen LogP contribution >= 0.6 is 0 Å². The Balaban J connectivity index is 2.44. The molecule has 0 saturated heterocycles. The number of fused-ring (bicyclic) bond motifs is 3. The first-order valence-electron chi connectivity index (χ1n) is 6.20. The van der Waals surface area contributed by atoms with Crippen LogP contribution in [0.5, 0.6) is 0 Å². The van der Waals surface area contributed by atoms with Gasteiger partial charge in [0.1, 0.15) is 0 Å². The van der Waals surface area contributed by atoms with Gasteiger partial charge in [-0.15, -0.1) is 0 Å². The van der Waals surface area contributed by atoms with Crippen molar-refractivity contribution in [2.75, 3.05) is 5.73 Å². The van der Waals surface area contributed by atoms with Gasteiger partial charge >= 0.3 is 0 Å². The van der Waals surface area contributed by atoms with Gasteiger partial charge in [-0.3, -0.25) is 0 Å². The highest BCUT2D eigenvalue weighted by Gasteiger charge is 2.25. The highest BCUT2D eigenvalue weighted by atomic mass is 14.5. The Hall–Kier alpha value is -2.02. The first kappa shape index (κ1) is 11.1. The van der Waals surface area contributed by atoms with E-state index in [2.05, 4.69) is 39.5 Å². The fourth-order valence-electron chi connectivity index (χ4n) is 3.07. The van der Waals surface area contributed by atoms with Crippen molar-refractivity contribution in [3.05, 3.63) is 58.7 Å².